The van der Waals surface area contributed by atoms with Gasteiger partial charge in [-0.05, 0) is 32.0 Å². The fourth-order valence-electron chi connectivity index (χ4n) is 2.01. The zero-order valence-electron chi connectivity index (χ0n) is 11.6. The lowest BCUT2D eigenvalue weighted by Crippen LogP contribution is -2.49. The van der Waals surface area contributed by atoms with Crippen LogP contribution >= 0.6 is 11.8 Å². The number of nitrogens with zero attached hydrogens (tertiary/aromatic N) is 1. The van der Waals surface area contributed by atoms with E-state index in [1.54, 1.807) is 18.7 Å². The van der Waals surface area contributed by atoms with E-state index in [-0.39, 0.29) is 0 Å². The normalized spacial score (nSPS) is 14.3. The van der Waals surface area contributed by atoms with E-state index < -0.39 is 11.5 Å². The van der Waals surface area contributed by atoms with Gasteiger partial charge in [-0.1, -0.05) is 30.8 Å². The number of fused-ring (bicyclic) bond motifs is 1. The van der Waals surface area contributed by atoms with E-state index in [2.05, 4.69) is 15.3 Å². The van der Waals surface area contributed by atoms with Crippen molar-refractivity contribution in [1.82, 2.24) is 15.3 Å². The molecule has 0 bridgehead atoms. The van der Waals surface area contributed by atoms with Crippen LogP contribution in [0.5, 0.6) is 0 Å². The number of para-hydroxylation sites is 2. The number of aliphatic carboxylic acids is 1. The maximum Gasteiger partial charge on any atom is 0.323 e. The number of H-pyrrole nitrogens is 1. The van der Waals surface area contributed by atoms with Gasteiger partial charge in [0.25, 0.3) is 0 Å². The van der Waals surface area contributed by atoms with E-state index in [0.717, 1.165) is 16.2 Å². The summed E-state index contributed by atoms with van der Waals surface area (Å²) < 4.78 is 0. The fraction of sp³-hybridized carbons (Fsp3) is 0.429. The van der Waals surface area contributed by atoms with Gasteiger partial charge in [0, 0.05) is 5.75 Å². The lowest BCUT2D eigenvalue weighted by atomic mass is 9.99. The molecular formula is C14H19N3O2S. The molecular weight excluding hydrogens is 274 g/mol. The molecule has 0 aliphatic rings. The summed E-state index contributed by atoms with van der Waals surface area (Å²) >= 11 is 1.55. The fourth-order valence-corrected chi connectivity index (χ4v) is 3.06. The van der Waals surface area contributed by atoms with Gasteiger partial charge < -0.3 is 15.4 Å². The first-order valence-corrected chi connectivity index (χ1v) is 7.59. The molecule has 0 saturated heterocycles. The highest BCUT2D eigenvalue weighted by Crippen LogP contribution is 2.22. The molecule has 20 heavy (non-hydrogen) atoms. The van der Waals surface area contributed by atoms with Gasteiger partial charge in [-0.25, -0.2) is 4.98 Å². The molecule has 0 aliphatic heterocycles. The summed E-state index contributed by atoms with van der Waals surface area (Å²) in [7, 11) is 0. The zero-order chi connectivity index (χ0) is 14.6. The molecule has 2 aromatic rings. The molecule has 5 nitrogen and oxygen atoms in total. The summed E-state index contributed by atoms with van der Waals surface area (Å²) in [6, 6.07) is 7.84. The molecule has 0 spiro atoms. The number of benzene rings is 1. The van der Waals surface area contributed by atoms with Gasteiger partial charge in [-0.15, -0.1) is 0 Å². The van der Waals surface area contributed by atoms with Crippen LogP contribution in [0.1, 0.15) is 20.3 Å². The number of carboxylic acid groups (broad SMARTS) is 1. The van der Waals surface area contributed by atoms with Crippen molar-refractivity contribution in [3.05, 3.63) is 24.3 Å². The summed E-state index contributed by atoms with van der Waals surface area (Å²) in [6.07, 6.45) is 0.540. The van der Waals surface area contributed by atoms with Crippen LogP contribution in [-0.2, 0) is 4.79 Å². The highest BCUT2D eigenvalue weighted by Gasteiger charge is 2.31. The van der Waals surface area contributed by atoms with Crippen molar-refractivity contribution < 1.29 is 9.90 Å². The van der Waals surface area contributed by atoms with E-state index in [0.29, 0.717) is 18.7 Å². The number of carbonyl (C=O) groups is 1. The highest BCUT2D eigenvalue weighted by atomic mass is 32.2. The molecule has 2 rings (SSSR count). The Balaban J connectivity index is 1.96. The third kappa shape index (κ3) is 3.32. The summed E-state index contributed by atoms with van der Waals surface area (Å²) in [5.41, 5.74) is 1.05. The second-order valence-electron chi connectivity index (χ2n) is 4.83. The number of likely N-dealkylation sites (N-methyl/N-ethyl adjacent to an activating group) is 1. The molecule has 3 N–H and O–H groups in total. The van der Waals surface area contributed by atoms with Crippen molar-refractivity contribution in [3.8, 4) is 0 Å². The molecule has 0 saturated carbocycles. The Hall–Kier alpha value is -1.53. The van der Waals surface area contributed by atoms with E-state index in [9.17, 15) is 9.90 Å². The first-order chi connectivity index (χ1) is 9.55. The number of imidazole rings is 1. The van der Waals surface area contributed by atoms with Crippen LogP contribution in [0, 0.1) is 0 Å². The van der Waals surface area contributed by atoms with Crippen molar-refractivity contribution in [3.63, 3.8) is 0 Å². The van der Waals surface area contributed by atoms with Crippen LogP contribution < -0.4 is 5.32 Å². The first kappa shape index (κ1) is 14.9. The van der Waals surface area contributed by atoms with Crippen LogP contribution in [0.15, 0.2) is 29.4 Å². The molecule has 1 unspecified atom stereocenters. The van der Waals surface area contributed by atoms with Gasteiger partial charge in [0.2, 0.25) is 0 Å². The van der Waals surface area contributed by atoms with Gasteiger partial charge in [0.1, 0.15) is 5.54 Å². The van der Waals surface area contributed by atoms with Crippen LogP contribution in [0.2, 0.25) is 0 Å². The number of aromatic nitrogens is 2. The standard InChI is InChI=1S/C14H19N3O2S/c1-3-15-14(2,12(18)19)8-9-20-13-16-10-6-4-5-7-11(10)17-13/h4-7,15H,3,8-9H2,1-2H3,(H,16,17)(H,18,19). The van der Waals surface area contributed by atoms with Gasteiger partial charge in [0.15, 0.2) is 5.16 Å². The number of carboxylic acids is 1. The zero-order valence-corrected chi connectivity index (χ0v) is 12.5. The minimum absolute atomic E-state index is 0.540. The Labute approximate surface area is 122 Å². The lowest BCUT2D eigenvalue weighted by Gasteiger charge is -2.25. The molecule has 1 aromatic heterocycles. The average molecular weight is 293 g/mol. The van der Waals surface area contributed by atoms with Crippen LogP contribution in [0.25, 0.3) is 11.0 Å². The average Bonchev–Trinajstić information content (AvgIpc) is 2.81. The predicted octanol–water partition coefficient (Wildman–Crippen LogP) is 2.50. The summed E-state index contributed by atoms with van der Waals surface area (Å²) in [5, 5.41) is 13.1. The Kier molecular flexibility index (Phi) is 4.67. The SMILES string of the molecule is CCNC(C)(CCSc1nc2ccccc2[nH]1)C(=O)O. The second-order valence-corrected chi connectivity index (χ2v) is 5.91. The van der Waals surface area contributed by atoms with Crippen LogP contribution in [-0.4, -0.2) is 38.9 Å². The van der Waals surface area contributed by atoms with Crippen LogP contribution in [0.4, 0.5) is 0 Å². The van der Waals surface area contributed by atoms with Crippen LogP contribution in [0.3, 0.4) is 0 Å². The van der Waals surface area contributed by atoms with Crippen molar-refractivity contribution in [1.29, 1.82) is 0 Å². The Morgan fingerprint density at radius 1 is 1.50 bits per heavy atom. The minimum Gasteiger partial charge on any atom is -0.480 e. The number of thioether (sulfide) groups is 1. The topological polar surface area (TPSA) is 78.0 Å². The van der Waals surface area contributed by atoms with Gasteiger partial charge in [0.05, 0.1) is 11.0 Å². The van der Waals surface area contributed by atoms with E-state index in [1.807, 2.05) is 31.2 Å². The summed E-state index contributed by atoms with van der Waals surface area (Å²) in [5.74, 6) is -0.125. The van der Waals surface area contributed by atoms with Crippen molar-refractivity contribution in [2.45, 2.75) is 31.0 Å². The van der Waals surface area contributed by atoms with Crippen molar-refractivity contribution >= 4 is 28.8 Å². The Morgan fingerprint density at radius 2 is 2.25 bits per heavy atom. The Bertz CT molecular complexity index is 566. The lowest BCUT2D eigenvalue weighted by molar-refractivity contribution is -0.144. The molecule has 6 heteroatoms. The monoisotopic (exact) mass is 293 g/mol. The summed E-state index contributed by atoms with van der Waals surface area (Å²) in [4.78, 5) is 19.0. The molecule has 1 atom stereocenters. The van der Waals surface area contributed by atoms with Gasteiger partial charge in [-0.2, -0.15) is 0 Å². The number of rotatable bonds is 7. The maximum atomic E-state index is 11.3. The molecule has 0 aliphatic carbocycles. The smallest absolute Gasteiger partial charge is 0.323 e. The highest BCUT2D eigenvalue weighted by molar-refractivity contribution is 7.99. The third-order valence-electron chi connectivity index (χ3n) is 3.25. The number of hydrogen-bond donors (Lipinski definition) is 3. The predicted molar refractivity (Wildman–Crippen MR) is 81.2 cm³/mol. The maximum absolute atomic E-state index is 11.3. The van der Waals surface area contributed by atoms with Crippen molar-refractivity contribution in [2.24, 2.45) is 0 Å². The molecule has 0 amide bonds. The summed E-state index contributed by atoms with van der Waals surface area (Å²) in [6.45, 7) is 4.27. The van der Waals surface area contributed by atoms with E-state index in [4.69, 9.17) is 0 Å². The quantitative estimate of drug-likeness (QED) is 0.684. The molecule has 108 valence electrons. The number of hydrogen-bond acceptors (Lipinski definition) is 4. The van der Waals surface area contributed by atoms with E-state index >= 15 is 0 Å². The minimum atomic E-state index is -0.881. The molecule has 1 heterocycles. The number of aromatic amines is 1. The van der Waals surface area contributed by atoms with Gasteiger partial charge in [-0.3, -0.25) is 4.79 Å². The van der Waals surface area contributed by atoms with E-state index in [1.165, 1.54) is 0 Å². The van der Waals surface area contributed by atoms with Gasteiger partial charge >= 0.3 is 5.97 Å². The Morgan fingerprint density at radius 3 is 2.90 bits per heavy atom. The largest absolute Gasteiger partial charge is 0.480 e. The second kappa shape index (κ2) is 6.28. The first-order valence-electron chi connectivity index (χ1n) is 6.61. The number of nitrogens with one attached hydrogen (secondary N) is 2. The third-order valence-corrected chi connectivity index (χ3v) is 4.12. The molecule has 0 radical (unpaired) electrons. The molecule has 0 fully saturated rings. The molecule has 1 aromatic carbocycles. The van der Waals surface area contributed by atoms with Crippen molar-refractivity contribution in [2.75, 3.05) is 12.3 Å².